The number of benzene rings is 2. The first kappa shape index (κ1) is 18.1. The van der Waals surface area contributed by atoms with E-state index >= 15 is 0 Å². The summed E-state index contributed by atoms with van der Waals surface area (Å²) in [6.45, 7) is 4.67. The highest BCUT2D eigenvalue weighted by Gasteiger charge is 2.24. The van der Waals surface area contributed by atoms with Crippen molar-refractivity contribution in [3.63, 3.8) is 0 Å². The van der Waals surface area contributed by atoms with Gasteiger partial charge in [-0.3, -0.25) is 0 Å². The Morgan fingerprint density at radius 2 is 1.48 bits per heavy atom. The van der Waals surface area contributed by atoms with Gasteiger partial charge in [-0.2, -0.15) is 0 Å². The van der Waals surface area contributed by atoms with Gasteiger partial charge in [0.1, 0.15) is 11.6 Å². The van der Waals surface area contributed by atoms with E-state index in [0.29, 0.717) is 11.5 Å². The maximum atomic E-state index is 13.4. The molecule has 0 aliphatic heterocycles. The molecule has 1 aliphatic carbocycles. The van der Waals surface area contributed by atoms with Crippen LogP contribution in [-0.2, 0) is 6.42 Å². The smallest absolute Gasteiger partial charge is 0.126 e. The van der Waals surface area contributed by atoms with Gasteiger partial charge in [-0.25, -0.2) is 8.78 Å². The Morgan fingerprint density at radius 3 is 2.04 bits per heavy atom. The van der Waals surface area contributed by atoms with E-state index in [0.717, 1.165) is 29.9 Å². The lowest BCUT2D eigenvalue weighted by molar-refractivity contribution is 0.210. The summed E-state index contributed by atoms with van der Waals surface area (Å²) < 4.78 is 26.8. The zero-order valence-electron chi connectivity index (χ0n) is 15.3. The van der Waals surface area contributed by atoms with Crippen molar-refractivity contribution < 1.29 is 8.78 Å². The first-order valence-electron chi connectivity index (χ1n) is 9.60. The maximum absolute atomic E-state index is 13.4. The van der Waals surface area contributed by atoms with Gasteiger partial charge in [0.15, 0.2) is 0 Å². The summed E-state index contributed by atoms with van der Waals surface area (Å²) in [6.07, 6.45) is 7.90. The van der Waals surface area contributed by atoms with E-state index in [-0.39, 0.29) is 0 Å². The fourth-order valence-corrected chi connectivity index (χ4v) is 4.26. The second kappa shape index (κ2) is 8.12. The van der Waals surface area contributed by atoms with Crippen LogP contribution >= 0.6 is 0 Å². The van der Waals surface area contributed by atoms with Crippen molar-refractivity contribution in [2.24, 2.45) is 17.8 Å². The predicted molar refractivity (Wildman–Crippen MR) is 100 cm³/mol. The number of halogens is 2. The number of rotatable bonds is 5. The summed E-state index contributed by atoms with van der Waals surface area (Å²) in [5.74, 6) is 1.40. The second-order valence-electron chi connectivity index (χ2n) is 7.73. The molecule has 0 nitrogen and oxygen atoms in total. The van der Waals surface area contributed by atoms with Crippen LogP contribution in [-0.4, -0.2) is 0 Å². The van der Waals surface area contributed by atoms with Crippen LogP contribution in [0.15, 0.2) is 42.5 Å². The van der Waals surface area contributed by atoms with Crippen LogP contribution < -0.4 is 0 Å². The van der Waals surface area contributed by atoms with Gasteiger partial charge in [0.2, 0.25) is 0 Å². The molecule has 0 aromatic heterocycles. The molecule has 0 N–H and O–H groups in total. The van der Waals surface area contributed by atoms with Crippen molar-refractivity contribution in [3.8, 4) is 11.1 Å². The normalized spacial score (nSPS) is 21.9. The van der Waals surface area contributed by atoms with Crippen LogP contribution in [0.5, 0.6) is 0 Å². The Hall–Kier alpha value is -1.70. The SMILES string of the molecule is CCC1CCC(C(C)Cc2ccc(-c3cc(F)cc(F)c3)cc2)CC1. The monoisotopic (exact) mass is 342 g/mol. The highest BCUT2D eigenvalue weighted by molar-refractivity contribution is 5.63. The highest BCUT2D eigenvalue weighted by atomic mass is 19.1. The Labute approximate surface area is 150 Å². The third-order valence-corrected chi connectivity index (χ3v) is 5.98. The minimum Gasteiger partial charge on any atom is -0.207 e. The molecule has 2 heteroatoms. The molecule has 1 fully saturated rings. The van der Waals surface area contributed by atoms with Crippen LogP contribution in [0.1, 0.15) is 51.5 Å². The topological polar surface area (TPSA) is 0 Å². The molecule has 1 saturated carbocycles. The lowest BCUT2D eigenvalue weighted by Crippen LogP contribution is -2.21. The van der Waals surface area contributed by atoms with E-state index < -0.39 is 11.6 Å². The largest absolute Gasteiger partial charge is 0.207 e. The molecule has 0 heterocycles. The van der Waals surface area contributed by atoms with Gasteiger partial charge < -0.3 is 0 Å². The zero-order valence-corrected chi connectivity index (χ0v) is 15.3. The summed E-state index contributed by atoms with van der Waals surface area (Å²) >= 11 is 0. The molecule has 1 aliphatic rings. The zero-order chi connectivity index (χ0) is 17.8. The van der Waals surface area contributed by atoms with E-state index in [1.165, 1.54) is 49.8 Å². The molecular formula is C23H28F2. The van der Waals surface area contributed by atoms with E-state index in [2.05, 4.69) is 26.0 Å². The third kappa shape index (κ3) is 4.68. The van der Waals surface area contributed by atoms with Crippen molar-refractivity contribution in [2.75, 3.05) is 0 Å². The summed E-state index contributed by atoms with van der Waals surface area (Å²) in [5, 5.41) is 0. The Balaban J connectivity index is 1.62. The predicted octanol–water partition coefficient (Wildman–Crippen LogP) is 7.03. The summed E-state index contributed by atoms with van der Waals surface area (Å²) in [5.41, 5.74) is 2.76. The van der Waals surface area contributed by atoms with Crippen molar-refractivity contribution in [2.45, 2.75) is 52.4 Å². The molecule has 3 rings (SSSR count). The molecule has 1 unspecified atom stereocenters. The van der Waals surface area contributed by atoms with Crippen molar-refractivity contribution >= 4 is 0 Å². The van der Waals surface area contributed by atoms with Crippen molar-refractivity contribution in [1.29, 1.82) is 0 Å². The average molecular weight is 342 g/mol. The molecule has 0 amide bonds. The standard InChI is InChI=1S/C23H28F2/c1-3-17-4-8-19(9-5-17)16(2)12-18-6-10-20(11-7-18)21-13-22(24)15-23(25)14-21/h6-7,10-11,13-17,19H,3-5,8-9,12H2,1-2H3. The molecule has 2 aromatic carbocycles. The van der Waals surface area contributed by atoms with Crippen LogP contribution in [0.3, 0.4) is 0 Å². The maximum Gasteiger partial charge on any atom is 0.126 e. The van der Waals surface area contributed by atoms with E-state index in [9.17, 15) is 8.78 Å². The van der Waals surface area contributed by atoms with Crippen LogP contribution in [0, 0.1) is 29.4 Å². The first-order chi connectivity index (χ1) is 12.0. The number of hydrogen-bond acceptors (Lipinski definition) is 0. The quantitative estimate of drug-likeness (QED) is 0.547. The Bertz CT molecular complexity index is 661. The van der Waals surface area contributed by atoms with Crippen LogP contribution in [0.2, 0.25) is 0 Å². The molecule has 0 bridgehead atoms. The molecule has 25 heavy (non-hydrogen) atoms. The van der Waals surface area contributed by atoms with Gasteiger partial charge in [-0.15, -0.1) is 0 Å². The van der Waals surface area contributed by atoms with E-state index in [4.69, 9.17) is 0 Å². The van der Waals surface area contributed by atoms with Crippen molar-refractivity contribution in [1.82, 2.24) is 0 Å². The molecule has 2 aromatic rings. The highest BCUT2D eigenvalue weighted by Crippen LogP contribution is 2.36. The lowest BCUT2D eigenvalue weighted by atomic mass is 9.74. The van der Waals surface area contributed by atoms with Crippen LogP contribution in [0.4, 0.5) is 8.78 Å². The molecular weight excluding hydrogens is 314 g/mol. The third-order valence-electron chi connectivity index (χ3n) is 5.98. The van der Waals surface area contributed by atoms with Gasteiger partial charge in [-0.05, 0) is 65.8 Å². The van der Waals surface area contributed by atoms with Crippen LogP contribution in [0.25, 0.3) is 11.1 Å². The van der Waals surface area contributed by atoms with Gasteiger partial charge in [-0.1, -0.05) is 57.4 Å². The lowest BCUT2D eigenvalue weighted by Gasteiger charge is -2.32. The second-order valence-corrected chi connectivity index (χ2v) is 7.73. The fourth-order valence-electron chi connectivity index (χ4n) is 4.26. The van der Waals surface area contributed by atoms with E-state index in [1.807, 2.05) is 12.1 Å². The van der Waals surface area contributed by atoms with Gasteiger partial charge in [0.25, 0.3) is 0 Å². The van der Waals surface area contributed by atoms with Gasteiger partial charge >= 0.3 is 0 Å². The first-order valence-corrected chi connectivity index (χ1v) is 9.60. The summed E-state index contributed by atoms with van der Waals surface area (Å²) in [4.78, 5) is 0. The molecule has 134 valence electrons. The Kier molecular flexibility index (Phi) is 5.88. The number of hydrogen-bond donors (Lipinski definition) is 0. The molecule has 1 atom stereocenters. The van der Waals surface area contributed by atoms with Crippen molar-refractivity contribution in [3.05, 3.63) is 59.7 Å². The Morgan fingerprint density at radius 1 is 0.880 bits per heavy atom. The summed E-state index contributed by atoms with van der Waals surface area (Å²) in [7, 11) is 0. The van der Waals surface area contributed by atoms with E-state index in [1.54, 1.807) is 0 Å². The average Bonchev–Trinajstić information content (AvgIpc) is 2.61. The molecule has 0 radical (unpaired) electrons. The molecule has 0 saturated heterocycles. The van der Waals surface area contributed by atoms with Gasteiger partial charge in [0, 0.05) is 6.07 Å². The minimum absolute atomic E-state index is 0.532. The fraction of sp³-hybridized carbons (Fsp3) is 0.478. The summed E-state index contributed by atoms with van der Waals surface area (Å²) in [6, 6.07) is 11.8. The van der Waals surface area contributed by atoms with Gasteiger partial charge in [0.05, 0.1) is 0 Å². The minimum atomic E-state index is -0.532. The molecule has 0 spiro atoms.